The predicted molar refractivity (Wildman–Crippen MR) is 83.4 cm³/mol. The molecule has 0 unspecified atom stereocenters. The van der Waals surface area contributed by atoms with Crippen molar-refractivity contribution in [2.24, 2.45) is 5.92 Å². The van der Waals surface area contributed by atoms with Gasteiger partial charge in [-0.2, -0.15) is 0 Å². The van der Waals surface area contributed by atoms with Crippen molar-refractivity contribution >= 4 is 21.6 Å². The van der Waals surface area contributed by atoms with Gasteiger partial charge in [0.1, 0.15) is 4.90 Å². The van der Waals surface area contributed by atoms with Crippen LogP contribution in [0.4, 0.5) is 5.69 Å². The fourth-order valence-electron chi connectivity index (χ4n) is 1.78. The molecule has 0 radical (unpaired) electrons. The number of benzene rings is 1. The topological polar surface area (TPSA) is 101 Å². The summed E-state index contributed by atoms with van der Waals surface area (Å²) in [6.45, 7) is 7.62. The van der Waals surface area contributed by atoms with Crippen LogP contribution in [0.3, 0.4) is 0 Å². The molecule has 0 atom stereocenters. The second kappa shape index (κ2) is 6.91. The number of anilines is 1. The summed E-state index contributed by atoms with van der Waals surface area (Å²) in [4.78, 5) is 11.6. The third-order valence-corrected chi connectivity index (χ3v) is 4.71. The third-order valence-electron chi connectivity index (χ3n) is 3.11. The lowest BCUT2D eigenvalue weighted by Crippen LogP contribution is -2.38. The highest BCUT2D eigenvalue weighted by Gasteiger charge is 2.21. The molecule has 4 N–H and O–H groups in total. The van der Waals surface area contributed by atoms with Gasteiger partial charge in [0.05, 0.1) is 12.2 Å². The summed E-state index contributed by atoms with van der Waals surface area (Å²) in [5, 5.41) is 2.65. The van der Waals surface area contributed by atoms with E-state index in [2.05, 4.69) is 10.0 Å². The molecule has 0 aliphatic heterocycles. The Morgan fingerprint density at radius 1 is 1.29 bits per heavy atom. The fraction of sp³-hybridized carbons (Fsp3) is 0.500. The van der Waals surface area contributed by atoms with E-state index in [0.717, 1.165) is 5.56 Å². The number of carbonyl (C=O) groups is 1. The van der Waals surface area contributed by atoms with Crippen LogP contribution in [0.15, 0.2) is 17.0 Å². The van der Waals surface area contributed by atoms with Crippen molar-refractivity contribution in [1.29, 1.82) is 0 Å². The van der Waals surface area contributed by atoms with Gasteiger partial charge in [-0.15, -0.1) is 0 Å². The molecule has 0 aliphatic carbocycles. The van der Waals surface area contributed by atoms with Crippen LogP contribution < -0.4 is 15.8 Å². The van der Waals surface area contributed by atoms with E-state index >= 15 is 0 Å². The Kier molecular flexibility index (Phi) is 5.74. The minimum Gasteiger partial charge on any atom is -0.398 e. The number of rotatable bonds is 6. The molecule has 0 aromatic heterocycles. The zero-order valence-electron chi connectivity index (χ0n) is 12.9. The number of nitrogens with one attached hydrogen (secondary N) is 2. The first-order chi connectivity index (χ1) is 9.65. The maximum atomic E-state index is 12.3. The molecule has 6 nitrogen and oxygen atoms in total. The smallest absolute Gasteiger partial charge is 0.243 e. The maximum Gasteiger partial charge on any atom is 0.243 e. The van der Waals surface area contributed by atoms with Crippen molar-refractivity contribution in [2.75, 3.05) is 18.8 Å². The molecule has 0 saturated heterocycles. The highest BCUT2D eigenvalue weighted by atomic mass is 32.2. The van der Waals surface area contributed by atoms with E-state index < -0.39 is 10.0 Å². The highest BCUT2D eigenvalue weighted by molar-refractivity contribution is 7.89. The number of sulfonamides is 1. The van der Waals surface area contributed by atoms with E-state index in [9.17, 15) is 13.2 Å². The first kappa shape index (κ1) is 17.5. The van der Waals surface area contributed by atoms with Gasteiger partial charge in [-0.3, -0.25) is 4.79 Å². The average molecular weight is 313 g/mol. The Morgan fingerprint density at radius 2 is 1.90 bits per heavy atom. The van der Waals surface area contributed by atoms with E-state index in [-0.39, 0.29) is 23.0 Å². The number of hydrogen-bond donors (Lipinski definition) is 3. The normalized spacial score (nSPS) is 11.7. The molecular formula is C14H23N3O3S. The summed E-state index contributed by atoms with van der Waals surface area (Å²) in [5.74, 6) is -0.0589. The summed E-state index contributed by atoms with van der Waals surface area (Å²) < 4.78 is 26.9. The van der Waals surface area contributed by atoms with Crippen molar-refractivity contribution in [1.82, 2.24) is 10.0 Å². The monoisotopic (exact) mass is 313 g/mol. The molecule has 0 heterocycles. The molecule has 0 bridgehead atoms. The second-order valence-electron chi connectivity index (χ2n) is 5.45. The zero-order valence-corrected chi connectivity index (χ0v) is 13.7. The van der Waals surface area contributed by atoms with Gasteiger partial charge in [0.15, 0.2) is 0 Å². The van der Waals surface area contributed by atoms with Crippen LogP contribution in [-0.4, -0.2) is 27.4 Å². The molecule has 1 aromatic rings. The summed E-state index contributed by atoms with van der Waals surface area (Å²) in [6, 6.07) is 3.31. The van der Waals surface area contributed by atoms with Crippen LogP contribution in [0.1, 0.15) is 25.0 Å². The number of nitrogens with two attached hydrogens (primary N) is 1. The Hall–Kier alpha value is -1.60. The predicted octanol–water partition coefficient (Wildman–Crippen LogP) is 0.936. The first-order valence-electron chi connectivity index (χ1n) is 6.77. The molecule has 7 heteroatoms. The number of nitrogen functional groups attached to an aromatic ring is 1. The van der Waals surface area contributed by atoms with E-state index in [1.54, 1.807) is 19.1 Å². The van der Waals surface area contributed by atoms with Crippen LogP contribution in [0.25, 0.3) is 0 Å². The zero-order chi connectivity index (χ0) is 16.2. The number of hydrogen-bond acceptors (Lipinski definition) is 4. The highest BCUT2D eigenvalue weighted by Crippen LogP contribution is 2.24. The molecule has 1 amide bonds. The van der Waals surface area contributed by atoms with Crippen LogP contribution in [0.2, 0.25) is 0 Å². The molecule has 0 spiro atoms. The van der Waals surface area contributed by atoms with Gasteiger partial charge in [0.2, 0.25) is 15.9 Å². The Bertz CT molecular complexity index is 625. The van der Waals surface area contributed by atoms with E-state index in [1.807, 2.05) is 20.8 Å². The van der Waals surface area contributed by atoms with E-state index in [1.165, 1.54) is 0 Å². The largest absolute Gasteiger partial charge is 0.398 e. The minimum atomic E-state index is -3.81. The molecule has 0 saturated carbocycles. The van der Waals surface area contributed by atoms with Gasteiger partial charge in [-0.05, 0) is 37.0 Å². The first-order valence-corrected chi connectivity index (χ1v) is 8.25. The Balaban J connectivity index is 2.84. The fourth-order valence-corrected chi connectivity index (χ4v) is 3.19. The number of carbonyl (C=O) groups excluding carboxylic acids is 1. The molecular weight excluding hydrogens is 290 g/mol. The van der Waals surface area contributed by atoms with Crippen LogP contribution in [0, 0.1) is 19.8 Å². The van der Waals surface area contributed by atoms with Gasteiger partial charge in [0.25, 0.3) is 0 Å². The van der Waals surface area contributed by atoms with Crippen molar-refractivity contribution in [3.8, 4) is 0 Å². The summed E-state index contributed by atoms with van der Waals surface area (Å²) in [6.07, 6.45) is 0. The Morgan fingerprint density at radius 3 is 2.48 bits per heavy atom. The van der Waals surface area contributed by atoms with Gasteiger partial charge in [0, 0.05) is 6.54 Å². The van der Waals surface area contributed by atoms with E-state index in [4.69, 9.17) is 5.73 Å². The van der Waals surface area contributed by atoms with Gasteiger partial charge < -0.3 is 11.1 Å². The summed E-state index contributed by atoms with van der Waals surface area (Å²) in [7, 11) is -3.81. The summed E-state index contributed by atoms with van der Waals surface area (Å²) in [5.41, 5.74) is 7.35. The van der Waals surface area contributed by atoms with Crippen LogP contribution >= 0.6 is 0 Å². The van der Waals surface area contributed by atoms with Crippen molar-refractivity contribution < 1.29 is 13.2 Å². The third kappa shape index (κ3) is 4.71. The van der Waals surface area contributed by atoms with Gasteiger partial charge in [-0.25, -0.2) is 13.1 Å². The minimum absolute atomic E-state index is 0.0409. The lowest BCUT2D eigenvalue weighted by atomic mass is 10.1. The number of aryl methyl sites for hydroxylation is 1. The summed E-state index contributed by atoms with van der Waals surface area (Å²) >= 11 is 0. The van der Waals surface area contributed by atoms with Crippen LogP contribution in [-0.2, 0) is 14.8 Å². The standard InChI is InChI=1S/C14H23N3O3S/c1-9(2)7-16-13(18)8-17-21(19,20)14-11(4)10(3)5-6-12(14)15/h5-6,9,17H,7-8,15H2,1-4H3,(H,16,18). The lowest BCUT2D eigenvalue weighted by molar-refractivity contribution is -0.120. The molecule has 21 heavy (non-hydrogen) atoms. The van der Waals surface area contributed by atoms with Gasteiger partial charge >= 0.3 is 0 Å². The lowest BCUT2D eigenvalue weighted by Gasteiger charge is -2.14. The van der Waals surface area contributed by atoms with Crippen LogP contribution in [0.5, 0.6) is 0 Å². The van der Waals surface area contributed by atoms with Crippen molar-refractivity contribution in [2.45, 2.75) is 32.6 Å². The average Bonchev–Trinajstić information content (AvgIpc) is 2.38. The molecule has 1 rings (SSSR count). The number of amides is 1. The maximum absolute atomic E-state index is 12.3. The SMILES string of the molecule is Cc1ccc(N)c(S(=O)(=O)NCC(=O)NCC(C)C)c1C. The van der Waals surface area contributed by atoms with E-state index in [0.29, 0.717) is 18.0 Å². The molecule has 0 aliphatic rings. The van der Waals surface area contributed by atoms with Crippen molar-refractivity contribution in [3.63, 3.8) is 0 Å². The quantitative estimate of drug-likeness (QED) is 0.680. The molecule has 0 fully saturated rings. The van der Waals surface area contributed by atoms with Gasteiger partial charge in [-0.1, -0.05) is 19.9 Å². The Labute approximate surface area is 126 Å². The second-order valence-corrected chi connectivity index (χ2v) is 7.15. The van der Waals surface area contributed by atoms with Crippen molar-refractivity contribution in [3.05, 3.63) is 23.3 Å². The molecule has 1 aromatic carbocycles. The molecule has 118 valence electrons.